The highest BCUT2D eigenvalue weighted by Gasteiger charge is 2.22. The van der Waals surface area contributed by atoms with Crippen molar-refractivity contribution in [1.82, 2.24) is 4.90 Å². The van der Waals surface area contributed by atoms with Crippen LogP contribution in [0.15, 0.2) is 5.16 Å². The smallest absolute Gasteiger partial charge is 0.153 e. The SMILES string of the molecule is COC[C@@H]1CCN(C/C(N)=N\O)C1. The van der Waals surface area contributed by atoms with Gasteiger partial charge in [-0.05, 0) is 18.9 Å². The van der Waals surface area contributed by atoms with Gasteiger partial charge in [0.1, 0.15) is 0 Å². The van der Waals surface area contributed by atoms with Gasteiger partial charge in [-0.2, -0.15) is 0 Å². The molecule has 1 rings (SSSR count). The second-order valence-corrected chi connectivity index (χ2v) is 3.44. The van der Waals surface area contributed by atoms with E-state index in [2.05, 4.69) is 10.1 Å². The Hall–Kier alpha value is -0.810. The molecule has 1 saturated heterocycles. The number of hydrogen-bond donors (Lipinski definition) is 2. The van der Waals surface area contributed by atoms with Gasteiger partial charge in [0.15, 0.2) is 5.84 Å². The standard InChI is InChI=1S/C8H17N3O2/c1-13-6-7-2-3-11(4-7)5-8(9)10-12/h7,12H,2-6H2,1H3,(H2,9,10)/t7-/m1/s1. The lowest BCUT2D eigenvalue weighted by atomic mass is 10.1. The third kappa shape index (κ3) is 3.20. The molecule has 0 aromatic carbocycles. The van der Waals surface area contributed by atoms with E-state index in [1.165, 1.54) is 0 Å². The van der Waals surface area contributed by atoms with Crippen molar-refractivity contribution in [3.05, 3.63) is 0 Å². The highest BCUT2D eigenvalue weighted by molar-refractivity contribution is 5.81. The van der Waals surface area contributed by atoms with Gasteiger partial charge in [-0.15, -0.1) is 0 Å². The zero-order valence-corrected chi connectivity index (χ0v) is 7.94. The lowest BCUT2D eigenvalue weighted by Crippen LogP contribution is -2.32. The number of oxime groups is 1. The first-order chi connectivity index (χ1) is 6.26. The molecule has 3 N–H and O–H groups in total. The molecular formula is C8H17N3O2. The van der Waals surface area contributed by atoms with E-state index in [4.69, 9.17) is 15.7 Å². The first-order valence-corrected chi connectivity index (χ1v) is 4.44. The molecule has 0 amide bonds. The average molecular weight is 187 g/mol. The molecule has 13 heavy (non-hydrogen) atoms. The molecule has 0 unspecified atom stereocenters. The van der Waals surface area contributed by atoms with Crippen molar-refractivity contribution in [2.45, 2.75) is 6.42 Å². The summed E-state index contributed by atoms with van der Waals surface area (Å²) < 4.78 is 5.07. The van der Waals surface area contributed by atoms with Crippen LogP contribution in [0.5, 0.6) is 0 Å². The molecule has 5 nitrogen and oxygen atoms in total. The van der Waals surface area contributed by atoms with Crippen molar-refractivity contribution in [2.75, 3.05) is 33.4 Å². The zero-order valence-electron chi connectivity index (χ0n) is 7.94. The van der Waals surface area contributed by atoms with Gasteiger partial charge >= 0.3 is 0 Å². The molecule has 0 saturated carbocycles. The van der Waals surface area contributed by atoms with Crippen molar-refractivity contribution in [3.8, 4) is 0 Å². The maximum absolute atomic E-state index is 8.38. The molecule has 5 heteroatoms. The molecule has 0 aromatic rings. The minimum atomic E-state index is 0.276. The predicted octanol–water partition coefficient (Wildman–Crippen LogP) is -0.299. The molecule has 0 aromatic heterocycles. The van der Waals surface area contributed by atoms with Crippen LogP contribution in [-0.2, 0) is 4.74 Å². The summed E-state index contributed by atoms with van der Waals surface area (Å²) >= 11 is 0. The summed E-state index contributed by atoms with van der Waals surface area (Å²) in [6.45, 7) is 3.33. The van der Waals surface area contributed by atoms with E-state index in [-0.39, 0.29) is 5.84 Å². The topological polar surface area (TPSA) is 71.1 Å². The molecule has 1 aliphatic rings. The summed E-state index contributed by atoms with van der Waals surface area (Å²) in [5.41, 5.74) is 5.40. The fourth-order valence-electron chi connectivity index (χ4n) is 1.69. The Balaban J connectivity index is 2.25. The highest BCUT2D eigenvalue weighted by Crippen LogP contribution is 2.15. The Kier molecular flexibility index (Phi) is 3.98. The van der Waals surface area contributed by atoms with Crippen molar-refractivity contribution in [2.24, 2.45) is 16.8 Å². The van der Waals surface area contributed by atoms with Crippen molar-refractivity contribution in [1.29, 1.82) is 0 Å². The molecule has 76 valence electrons. The van der Waals surface area contributed by atoms with Crippen molar-refractivity contribution < 1.29 is 9.94 Å². The van der Waals surface area contributed by atoms with Crippen LogP contribution in [-0.4, -0.2) is 49.3 Å². The second kappa shape index (κ2) is 5.04. The molecule has 1 atom stereocenters. The normalized spacial score (nSPS) is 25.3. The van der Waals surface area contributed by atoms with E-state index in [0.29, 0.717) is 12.5 Å². The first-order valence-electron chi connectivity index (χ1n) is 4.44. The molecule has 0 spiro atoms. The van der Waals surface area contributed by atoms with Gasteiger partial charge in [-0.1, -0.05) is 5.16 Å². The van der Waals surface area contributed by atoms with Crippen LogP contribution in [0.25, 0.3) is 0 Å². The maximum atomic E-state index is 8.38. The highest BCUT2D eigenvalue weighted by atomic mass is 16.5. The summed E-state index contributed by atoms with van der Waals surface area (Å²) in [5.74, 6) is 0.870. The van der Waals surface area contributed by atoms with Crippen LogP contribution in [0.2, 0.25) is 0 Å². The largest absolute Gasteiger partial charge is 0.409 e. The quantitative estimate of drug-likeness (QED) is 0.274. The third-order valence-electron chi connectivity index (χ3n) is 2.29. The Morgan fingerprint density at radius 1 is 1.77 bits per heavy atom. The number of amidine groups is 1. The summed E-state index contributed by atoms with van der Waals surface area (Å²) in [6, 6.07) is 0. The van der Waals surface area contributed by atoms with Crippen LogP contribution in [0.4, 0.5) is 0 Å². The van der Waals surface area contributed by atoms with Gasteiger partial charge in [0.2, 0.25) is 0 Å². The van der Waals surface area contributed by atoms with E-state index < -0.39 is 0 Å². The van der Waals surface area contributed by atoms with Crippen LogP contribution in [0.1, 0.15) is 6.42 Å². The number of methoxy groups -OCH3 is 1. The third-order valence-corrected chi connectivity index (χ3v) is 2.29. The summed E-state index contributed by atoms with van der Waals surface area (Å²) in [5, 5.41) is 11.3. The van der Waals surface area contributed by atoms with Crippen LogP contribution in [0.3, 0.4) is 0 Å². The Labute approximate surface area is 78.1 Å². The fraction of sp³-hybridized carbons (Fsp3) is 0.875. The van der Waals surface area contributed by atoms with Gasteiger partial charge in [-0.3, -0.25) is 4.90 Å². The number of nitrogens with zero attached hydrogens (tertiary/aromatic N) is 2. The van der Waals surface area contributed by atoms with E-state index in [1.807, 2.05) is 0 Å². The zero-order chi connectivity index (χ0) is 9.68. The Morgan fingerprint density at radius 3 is 3.15 bits per heavy atom. The molecule has 0 radical (unpaired) electrons. The van der Waals surface area contributed by atoms with E-state index >= 15 is 0 Å². The first kappa shape index (κ1) is 10.3. The van der Waals surface area contributed by atoms with Gasteiger partial charge in [0.05, 0.1) is 13.2 Å². The Bertz CT molecular complexity index is 184. The van der Waals surface area contributed by atoms with Gasteiger partial charge < -0.3 is 15.7 Å². The van der Waals surface area contributed by atoms with Gasteiger partial charge in [0.25, 0.3) is 0 Å². The fourth-order valence-corrected chi connectivity index (χ4v) is 1.69. The molecule has 1 heterocycles. The predicted molar refractivity (Wildman–Crippen MR) is 49.8 cm³/mol. The maximum Gasteiger partial charge on any atom is 0.153 e. The lowest BCUT2D eigenvalue weighted by molar-refractivity contribution is 0.154. The minimum absolute atomic E-state index is 0.276. The van der Waals surface area contributed by atoms with Crippen molar-refractivity contribution in [3.63, 3.8) is 0 Å². The van der Waals surface area contributed by atoms with Crippen LogP contribution < -0.4 is 5.73 Å². The molecule has 0 aliphatic carbocycles. The Morgan fingerprint density at radius 2 is 2.54 bits per heavy atom. The van der Waals surface area contributed by atoms with E-state index in [9.17, 15) is 0 Å². The molecule has 1 aliphatic heterocycles. The molecular weight excluding hydrogens is 170 g/mol. The minimum Gasteiger partial charge on any atom is -0.409 e. The second-order valence-electron chi connectivity index (χ2n) is 3.44. The number of ether oxygens (including phenoxy) is 1. The van der Waals surface area contributed by atoms with E-state index in [0.717, 1.165) is 26.1 Å². The van der Waals surface area contributed by atoms with Gasteiger partial charge in [0, 0.05) is 13.7 Å². The van der Waals surface area contributed by atoms with Crippen molar-refractivity contribution >= 4 is 5.84 Å². The van der Waals surface area contributed by atoms with Gasteiger partial charge in [-0.25, -0.2) is 0 Å². The summed E-state index contributed by atoms with van der Waals surface area (Å²) in [7, 11) is 1.71. The molecule has 0 bridgehead atoms. The summed E-state index contributed by atoms with van der Waals surface area (Å²) in [6.07, 6.45) is 1.13. The number of rotatable bonds is 4. The van der Waals surface area contributed by atoms with E-state index in [1.54, 1.807) is 7.11 Å². The van der Waals surface area contributed by atoms with Crippen LogP contribution >= 0.6 is 0 Å². The number of nitrogens with two attached hydrogens (primary N) is 1. The average Bonchev–Trinajstić information content (AvgIpc) is 2.53. The van der Waals surface area contributed by atoms with Crippen LogP contribution in [0, 0.1) is 5.92 Å². The monoisotopic (exact) mass is 187 g/mol. The molecule has 1 fully saturated rings. The summed E-state index contributed by atoms with van der Waals surface area (Å²) in [4.78, 5) is 2.17. The number of hydrogen-bond acceptors (Lipinski definition) is 4. The lowest BCUT2D eigenvalue weighted by Gasteiger charge is -2.14. The number of likely N-dealkylation sites (tertiary alicyclic amines) is 1.